The first kappa shape index (κ1) is 16.9. The second kappa shape index (κ2) is 7.40. The van der Waals surface area contributed by atoms with Gasteiger partial charge in [-0.15, -0.1) is 11.3 Å². The summed E-state index contributed by atoms with van der Waals surface area (Å²) in [5.74, 6) is 0.832. The second-order valence-corrected chi connectivity index (χ2v) is 8.72. The Hall–Kier alpha value is -1.50. The number of aromatic nitrogens is 2. The van der Waals surface area contributed by atoms with Gasteiger partial charge >= 0.3 is 0 Å². The number of thiophene rings is 1. The van der Waals surface area contributed by atoms with Crippen LogP contribution in [0.1, 0.15) is 22.6 Å². The molecular formula is C19H26N4OS. The number of aryl methyl sites for hydroxylation is 1. The lowest BCUT2D eigenvalue weighted by atomic mass is 9.80. The molecule has 0 aromatic carbocycles. The Morgan fingerprint density at radius 2 is 2.08 bits per heavy atom. The molecule has 0 unspecified atom stereocenters. The summed E-state index contributed by atoms with van der Waals surface area (Å²) in [5.41, 5.74) is 0.181. The van der Waals surface area contributed by atoms with E-state index < -0.39 is 0 Å². The molecule has 2 aromatic heterocycles. The van der Waals surface area contributed by atoms with Crippen LogP contribution in [0.15, 0.2) is 30.6 Å². The van der Waals surface area contributed by atoms with Crippen LogP contribution in [-0.2, 0) is 11.3 Å². The number of nitrogens with zero attached hydrogens (tertiary/aromatic N) is 4. The van der Waals surface area contributed by atoms with Gasteiger partial charge in [0.2, 0.25) is 5.95 Å². The summed E-state index contributed by atoms with van der Waals surface area (Å²) < 4.78 is 6.02. The molecule has 0 aliphatic carbocycles. The smallest absolute Gasteiger partial charge is 0.225 e. The third-order valence-electron chi connectivity index (χ3n) is 5.19. The predicted molar refractivity (Wildman–Crippen MR) is 101 cm³/mol. The average Bonchev–Trinajstić information content (AvgIpc) is 2.92. The quantitative estimate of drug-likeness (QED) is 0.844. The van der Waals surface area contributed by atoms with E-state index in [1.807, 2.05) is 29.8 Å². The summed E-state index contributed by atoms with van der Waals surface area (Å²) in [6.07, 6.45) is 6.10. The lowest BCUT2D eigenvalue weighted by molar-refractivity contribution is 0.0109. The largest absolute Gasteiger partial charge is 0.379 e. The molecule has 2 aliphatic heterocycles. The van der Waals surface area contributed by atoms with Crippen LogP contribution in [0.25, 0.3) is 0 Å². The number of hydrogen-bond acceptors (Lipinski definition) is 6. The zero-order chi connectivity index (χ0) is 17.1. The van der Waals surface area contributed by atoms with Crippen molar-refractivity contribution in [2.45, 2.75) is 26.3 Å². The third-order valence-corrected chi connectivity index (χ3v) is 6.18. The van der Waals surface area contributed by atoms with Crippen molar-refractivity contribution in [3.63, 3.8) is 0 Å². The Balaban J connectivity index is 1.48. The van der Waals surface area contributed by atoms with Crippen LogP contribution in [0.5, 0.6) is 0 Å². The molecule has 0 amide bonds. The molecule has 1 spiro atoms. The highest BCUT2D eigenvalue weighted by molar-refractivity contribution is 7.11. The molecule has 5 nitrogen and oxygen atoms in total. The molecule has 6 heteroatoms. The first-order valence-corrected chi connectivity index (χ1v) is 9.92. The van der Waals surface area contributed by atoms with Gasteiger partial charge in [-0.2, -0.15) is 0 Å². The first-order chi connectivity index (χ1) is 12.2. The number of rotatable bonds is 3. The fourth-order valence-corrected chi connectivity index (χ4v) is 5.03. The number of hydrogen-bond donors (Lipinski definition) is 0. The fourth-order valence-electron chi connectivity index (χ4n) is 4.10. The molecule has 4 heterocycles. The van der Waals surface area contributed by atoms with Crippen LogP contribution in [0.2, 0.25) is 0 Å². The molecule has 0 radical (unpaired) electrons. The summed E-state index contributed by atoms with van der Waals surface area (Å²) in [7, 11) is 0. The molecule has 2 saturated heterocycles. The van der Waals surface area contributed by atoms with E-state index in [0.717, 1.165) is 45.3 Å². The molecule has 2 aliphatic rings. The van der Waals surface area contributed by atoms with E-state index in [4.69, 9.17) is 4.74 Å². The molecule has 4 rings (SSSR count). The van der Waals surface area contributed by atoms with Gasteiger partial charge in [-0.25, -0.2) is 9.97 Å². The van der Waals surface area contributed by atoms with Crippen molar-refractivity contribution in [2.75, 3.05) is 44.3 Å². The van der Waals surface area contributed by atoms with Gasteiger partial charge in [-0.1, -0.05) is 0 Å². The standard InChI is InChI=1S/C19H26N4OS/c1-16-4-5-17(25-16)12-22-9-2-6-19(13-22)14-23(10-11-24-15-19)18-20-7-3-8-21-18/h3-5,7-8H,2,6,9-15H2,1H3/t19-/m1/s1. The summed E-state index contributed by atoms with van der Waals surface area (Å²) in [4.78, 5) is 16.7. The van der Waals surface area contributed by atoms with E-state index in [1.54, 1.807) is 0 Å². The summed E-state index contributed by atoms with van der Waals surface area (Å²) in [5, 5.41) is 0. The van der Waals surface area contributed by atoms with Gasteiger partial charge in [-0.05, 0) is 44.5 Å². The molecule has 0 saturated carbocycles. The SMILES string of the molecule is Cc1ccc(CN2CCC[C@@]3(COCCN(c4ncccn4)C3)C2)s1. The Labute approximate surface area is 153 Å². The number of anilines is 1. The molecule has 0 N–H and O–H groups in total. The van der Waals surface area contributed by atoms with Crippen molar-refractivity contribution in [3.05, 3.63) is 40.3 Å². The lowest BCUT2D eigenvalue weighted by Crippen LogP contribution is -2.50. The Morgan fingerprint density at radius 3 is 2.88 bits per heavy atom. The number of likely N-dealkylation sites (tertiary alicyclic amines) is 1. The molecule has 134 valence electrons. The fraction of sp³-hybridized carbons (Fsp3) is 0.579. The van der Waals surface area contributed by atoms with Crippen molar-refractivity contribution in [1.82, 2.24) is 14.9 Å². The van der Waals surface area contributed by atoms with Crippen molar-refractivity contribution >= 4 is 17.3 Å². The summed E-state index contributed by atoms with van der Waals surface area (Å²) in [6.45, 7) is 8.96. The highest BCUT2D eigenvalue weighted by Gasteiger charge is 2.39. The Kier molecular flexibility index (Phi) is 5.01. The first-order valence-electron chi connectivity index (χ1n) is 9.10. The Bertz CT molecular complexity index is 692. The normalized spacial score (nSPS) is 25.2. The van der Waals surface area contributed by atoms with Crippen molar-refractivity contribution < 1.29 is 4.74 Å². The van der Waals surface area contributed by atoms with E-state index in [9.17, 15) is 0 Å². The number of ether oxygens (including phenoxy) is 1. The van der Waals surface area contributed by atoms with E-state index in [1.165, 1.54) is 29.1 Å². The van der Waals surface area contributed by atoms with E-state index in [0.29, 0.717) is 0 Å². The van der Waals surface area contributed by atoms with Gasteiger partial charge in [0, 0.05) is 53.7 Å². The Morgan fingerprint density at radius 1 is 1.20 bits per heavy atom. The molecule has 2 fully saturated rings. The van der Waals surface area contributed by atoms with Gasteiger partial charge in [0.1, 0.15) is 0 Å². The summed E-state index contributed by atoms with van der Waals surface area (Å²) in [6, 6.07) is 6.37. The minimum absolute atomic E-state index is 0.181. The number of piperidine rings is 1. The molecule has 1 atom stereocenters. The van der Waals surface area contributed by atoms with Crippen LogP contribution in [0.3, 0.4) is 0 Å². The van der Waals surface area contributed by atoms with E-state index >= 15 is 0 Å². The zero-order valence-electron chi connectivity index (χ0n) is 14.9. The molecular weight excluding hydrogens is 332 g/mol. The lowest BCUT2D eigenvalue weighted by Gasteiger charge is -2.43. The summed E-state index contributed by atoms with van der Waals surface area (Å²) >= 11 is 1.91. The highest BCUT2D eigenvalue weighted by atomic mass is 32.1. The third kappa shape index (κ3) is 4.02. The van der Waals surface area contributed by atoms with Crippen LogP contribution < -0.4 is 4.90 Å². The minimum Gasteiger partial charge on any atom is -0.379 e. The monoisotopic (exact) mass is 358 g/mol. The van der Waals surface area contributed by atoms with Gasteiger partial charge in [-0.3, -0.25) is 4.90 Å². The van der Waals surface area contributed by atoms with Gasteiger partial charge in [0.15, 0.2) is 0 Å². The van der Waals surface area contributed by atoms with E-state index in [-0.39, 0.29) is 5.41 Å². The maximum Gasteiger partial charge on any atom is 0.225 e. The van der Waals surface area contributed by atoms with Crippen LogP contribution in [0, 0.1) is 12.3 Å². The van der Waals surface area contributed by atoms with Crippen LogP contribution >= 0.6 is 11.3 Å². The van der Waals surface area contributed by atoms with Gasteiger partial charge in [0.05, 0.1) is 13.2 Å². The average molecular weight is 359 g/mol. The zero-order valence-corrected chi connectivity index (χ0v) is 15.7. The van der Waals surface area contributed by atoms with Gasteiger partial charge in [0.25, 0.3) is 0 Å². The maximum absolute atomic E-state index is 6.02. The van der Waals surface area contributed by atoms with Crippen LogP contribution in [0.4, 0.5) is 5.95 Å². The maximum atomic E-state index is 6.02. The van der Waals surface area contributed by atoms with Crippen molar-refractivity contribution in [1.29, 1.82) is 0 Å². The highest BCUT2D eigenvalue weighted by Crippen LogP contribution is 2.34. The molecule has 25 heavy (non-hydrogen) atoms. The molecule has 2 aromatic rings. The van der Waals surface area contributed by atoms with Gasteiger partial charge < -0.3 is 9.64 Å². The molecule has 0 bridgehead atoms. The topological polar surface area (TPSA) is 41.5 Å². The predicted octanol–water partition coefficient (Wildman–Crippen LogP) is 2.97. The second-order valence-electron chi connectivity index (χ2n) is 7.35. The minimum atomic E-state index is 0.181. The van der Waals surface area contributed by atoms with E-state index in [2.05, 4.69) is 38.8 Å². The van der Waals surface area contributed by atoms with Crippen molar-refractivity contribution in [3.8, 4) is 0 Å². The van der Waals surface area contributed by atoms with Crippen molar-refractivity contribution in [2.24, 2.45) is 5.41 Å². The van der Waals surface area contributed by atoms with Crippen LogP contribution in [-0.4, -0.2) is 54.3 Å².